The van der Waals surface area contributed by atoms with Gasteiger partial charge in [0.2, 0.25) is 0 Å². The zero-order chi connectivity index (χ0) is 16.5. The number of hydrogen-bond donors (Lipinski definition) is 1. The number of carbonyl (C=O) groups excluding carboxylic acids is 1. The molecule has 5 heteroatoms. The molecule has 1 fully saturated rings. The number of nitrogens with two attached hydrogens (primary N) is 1. The Morgan fingerprint density at radius 1 is 1.08 bits per heavy atom. The van der Waals surface area contributed by atoms with Gasteiger partial charge in [-0.2, -0.15) is 0 Å². The smallest absolute Gasteiger partial charge is 0.160 e. The third-order valence-electron chi connectivity index (χ3n) is 4.74. The van der Waals surface area contributed by atoms with E-state index in [1.54, 1.807) is 14.2 Å². The number of carbonyl (C=O) groups is 1. The third kappa shape index (κ3) is 6.33. The van der Waals surface area contributed by atoms with E-state index in [-0.39, 0.29) is 12.4 Å². The van der Waals surface area contributed by atoms with Crippen LogP contribution in [-0.4, -0.2) is 33.1 Å². The topological polar surface area (TPSA) is 52.1 Å². The van der Waals surface area contributed by atoms with Gasteiger partial charge in [-0.3, -0.25) is 4.79 Å². The van der Waals surface area contributed by atoms with Crippen molar-refractivity contribution in [2.45, 2.75) is 44.9 Å². The summed E-state index contributed by atoms with van der Waals surface area (Å²) in [7, 11) is 3.30. The molecule has 1 aromatic rings. The van der Waals surface area contributed by atoms with Gasteiger partial charge < -0.3 is 27.2 Å². The number of halogens is 1. The highest BCUT2D eigenvalue weighted by molar-refractivity contribution is 5.81. The average molecular weight is 356 g/mol. The van der Waals surface area contributed by atoms with Crippen molar-refractivity contribution in [2.24, 2.45) is 5.92 Å². The second-order valence-corrected chi connectivity index (χ2v) is 6.36. The minimum absolute atomic E-state index is 0. The summed E-state index contributed by atoms with van der Waals surface area (Å²) in [6.45, 7) is 1.90. The summed E-state index contributed by atoms with van der Waals surface area (Å²) in [5.74, 6) is 2.37. The number of methoxy groups -OCH3 is 2. The first-order valence-corrected chi connectivity index (χ1v) is 8.80. The molecule has 0 aliphatic heterocycles. The molecule has 0 saturated heterocycles. The fourth-order valence-corrected chi connectivity index (χ4v) is 3.32. The molecule has 24 heavy (non-hydrogen) atoms. The lowest BCUT2D eigenvalue weighted by molar-refractivity contribution is -0.653. The number of Topliss-reactive ketones (excluding diaryl/α,β-unsaturated/α-hetero) is 1. The highest BCUT2D eigenvalue weighted by Crippen LogP contribution is 2.27. The van der Waals surface area contributed by atoms with Crippen molar-refractivity contribution >= 4 is 5.78 Å². The van der Waals surface area contributed by atoms with Gasteiger partial charge in [-0.05, 0) is 30.5 Å². The molecular weight excluding hydrogens is 326 g/mol. The van der Waals surface area contributed by atoms with Gasteiger partial charge in [0.1, 0.15) is 5.78 Å². The Labute approximate surface area is 151 Å². The average Bonchev–Trinajstić information content (AvgIpc) is 2.61. The van der Waals surface area contributed by atoms with E-state index in [2.05, 4.69) is 11.4 Å². The number of hydrogen-bond acceptors (Lipinski definition) is 3. The fraction of sp³-hybridized carbons (Fsp3) is 0.632. The van der Waals surface area contributed by atoms with Crippen molar-refractivity contribution in [2.75, 3.05) is 27.3 Å². The van der Waals surface area contributed by atoms with E-state index in [0.717, 1.165) is 50.3 Å². The zero-order valence-corrected chi connectivity index (χ0v) is 15.6. The van der Waals surface area contributed by atoms with Crippen LogP contribution in [-0.2, 0) is 11.2 Å². The Balaban J connectivity index is 0.00000288. The molecule has 2 rings (SSSR count). The molecule has 0 bridgehead atoms. The van der Waals surface area contributed by atoms with Crippen LogP contribution in [0.15, 0.2) is 18.2 Å². The Morgan fingerprint density at radius 2 is 1.79 bits per heavy atom. The van der Waals surface area contributed by atoms with Crippen molar-refractivity contribution in [1.82, 2.24) is 0 Å². The van der Waals surface area contributed by atoms with Gasteiger partial charge in [0.25, 0.3) is 0 Å². The van der Waals surface area contributed by atoms with Crippen LogP contribution in [0, 0.1) is 5.92 Å². The molecule has 0 unspecified atom stereocenters. The van der Waals surface area contributed by atoms with Crippen LogP contribution < -0.4 is 27.2 Å². The maximum absolute atomic E-state index is 12.1. The maximum Gasteiger partial charge on any atom is 0.160 e. The molecule has 2 N–H and O–H groups in total. The van der Waals surface area contributed by atoms with Gasteiger partial charge in [0.15, 0.2) is 11.5 Å². The molecule has 1 aromatic carbocycles. The molecule has 4 nitrogen and oxygen atoms in total. The molecule has 0 radical (unpaired) electrons. The minimum atomic E-state index is 0. The second kappa shape index (κ2) is 11.3. The van der Waals surface area contributed by atoms with E-state index >= 15 is 0 Å². The Hall–Kier alpha value is -1.26. The van der Waals surface area contributed by atoms with Crippen LogP contribution in [0.4, 0.5) is 0 Å². The molecule has 1 saturated carbocycles. The maximum atomic E-state index is 12.1. The summed E-state index contributed by atoms with van der Waals surface area (Å²) in [6.07, 6.45) is 7.70. The molecule has 0 heterocycles. The second-order valence-electron chi connectivity index (χ2n) is 6.36. The van der Waals surface area contributed by atoms with E-state index in [9.17, 15) is 4.79 Å². The van der Waals surface area contributed by atoms with Crippen LogP contribution in [0.1, 0.15) is 44.1 Å². The van der Waals surface area contributed by atoms with Crippen LogP contribution in [0.5, 0.6) is 11.5 Å². The number of ether oxygens (including phenoxy) is 2. The van der Waals surface area contributed by atoms with E-state index in [4.69, 9.17) is 9.47 Å². The van der Waals surface area contributed by atoms with Gasteiger partial charge in [0, 0.05) is 12.3 Å². The van der Waals surface area contributed by atoms with Crippen molar-refractivity contribution < 1.29 is 32.0 Å². The predicted octanol–water partition coefficient (Wildman–Crippen LogP) is -0.647. The molecule has 0 atom stereocenters. The number of quaternary nitrogens is 1. The van der Waals surface area contributed by atoms with Crippen molar-refractivity contribution in [1.29, 1.82) is 0 Å². The number of rotatable bonds is 9. The summed E-state index contributed by atoms with van der Waals surface area (Å²) >= 11 is 0. The SMILES string of the molecule is COc1ccc(CC[NH2+]CCC(=O)C2CCCCC2)cc1OC.[Cl-]. The van der Waals surface area contributed by atoms with Gasteiger partial charge in [-0.15, -0.1) is 0 Å². The molecule has 0 spiro atoms. The van der Waals surface area contributed by atoms with Gasteiger partial charge >= 0.3 is 0 Å². The van der Waals surface area contributed by atoms with Crippen LogP contribution >= 0.6 is 0 Å². The quantitative estimate of drug-likeness (QED) is 0.599. The summed E-state index contributed by atoms with van der Waals surface area (Å²) < 4.78 is 10.6. The van der Waals surface area contributed by atoms with Crippen LogP contribution in [0.3, 0.4) is 0 Å². The first-order chi connectivity index (χ1) is 11.2. The summed E-state index contributed by atoms with van der Waals surface area (Å²) in [6, 6.07) is 6.04. The summed E-state index contributed by atoms with van der Waals surface area (Å²) in [5, 5.41) is 2.25. The largest absolute Gasteiger partial charge is 1.00 e. The molecule has 136 valence electrons. The van der Waals surface area contributed by atoms with Gasteiger partial charge in [-0.25, -0.2) is 0 Å². The summed E-state index contributed by atoms with van der Waals surface area (Å²) in [4.78, 5) is 12.1. The monoisotopic (exact) mass is 355 g/mol. The van der Waals surface area contributed by atoms with E-state index in [1.165, 1.54) is 24.8 Å². The van der Waals surface area contributed by atoms with Crippen molar-refractivity contribution in [3.8, 4) is 11.5 Å². The number of ketones is 1. The predicted molar refractivity (Wildman–Crippen MR) is 91.1 cm³/mol. The lowest BCUT2D eigenvalue weighted by Crippen LogP contribution is -3.00. The van der Waals surface area contributed by atoms with Gasteiger partial charge in [0.05, 0.1) is 33.7 Å². The lowest BCUT2D eigenvalue weighted by Gasteiger charge is -2.19. The van der Waals surface area contributed by atoms with E-state index < -0.39 is 0 Å². The van der Waals surface area contributed by atoms with Crippen molar-refractivity contribution in [3.05, 3.63) is 23.8 Å². The molecular formula is C19H30ClNO3. The molecule has 0 aromatic heterocycles. The summed E-state index contributed by atoms with van der Waals surface area (Å²) in [5.41, 5.74) is 1.23. The first kappa shape index (κ1) is 20.8. The lowest BCUT2D eigenvalue weighted by atomic mass is 9.85. The molecule has 1 aliphatic rings. The minimum Gasteiger partial charge on any atom is -1.00 e. The fourth-order valence-electron chi connectivity index (χ4n) is 3.32. The first-order valence-electron chi connectivity index (χ1n) is 8.80. The van der Waals surface area contributed by atoms with Crippen LogP contribution in [0.2, 0.25) is 0 Å². The Morgan fingerprint density at radius 3 is 2.46 bits per heavy atom. The van der Waals surface area contributed by atoms with Crippen molar-refractivity contribution in [3.63, 3.8) is 0 Å². The van der Waals surface area contributed by atoms with Crippen LogP contribution in [0.25, 0.3) is 0 Å². The number of benzene rings is 1. The van der Waals surface area contributed by atoms with E-state index in [1.807, 2.05) is 12.1 Å². The standard InChI is InChI=1S/C19H29NO3.ClH/c1-22-18-9-8-15(14-19(18)23-2)10-12-20-13-11-17(21)16-6-4-3-5-7-16;/h8-9,14,16,20H,3-7,10-13H2,1-2H3;1H. The Bertz CT molecular complexity index is 501. The third-order valence-corrected chi connectivity index (χ3v) is 4.74. The zero-order valence-electron chi connectivity index (χ0n) is 14.9. The normalized spacial score (nSPS) is 14.8. The molecule has 0 amide bonds. The highest BCUT2D eigenvalue weighted by Gasteiger charge is 2.20. The highest BCUT2D eigenvalue weighted by atomic mass is 35.5. The van der Waals surface area contributed by atoms with Gasteiger partial charge in [-0.1, -0.05) is 25.3 Å². The van der Waals surface area contributed by atoms with E-state index in [0.29, 0.717) is 11.7 Å². The molecule has 1 aliphatic carbocycles. The Kier molecular flexibility index (Phi) is 9.80.